The molecule has 0 aliphatic rings. The lowest BCUT2D eigenvalue weighted by Crippen LogP contribution is -1.98. The van der Waals surface area contributed by atoms with Gasteiger partial charge in [0.1, 0.15) is 0 Å². The third-order valence-electron chi connectivity index (χ3n) is 1.52. The Hall–Kier alpha value is -1.75. The zero-order valence-corrected chi connectivity index (χ0v) is 8.12. The van der Waals surface area contributed by atoms with Crippen LogP contribution in [0.4, 0.5) is 0 Å². The summed E-state index contributed by atoms with van der Waals surface area (Å²) in [6, 6.07) is 5.62. The van der Waals surface area contributed by atoms with E-state index in [-0.39, 0.29) is 0 Å². The first-order valence-corrected chi connectivity index (χ1v) is 4.11. The number of hydrogen-bond acceptors (Lipinski definition) is 4. The van der Waals surface area contributed by atoms with Crippen molar-refractivity contribution < 1.29 is 5.11 Å². The molecule has 14 heavy (non-hydrogen) atoms. The molecule has 0 fully saturated rings. The van der Waals surface area contributed by atoms with Gasteiger partial charge < -0.3 is 5.11 Å². The highest BCUT2D eigenvalue weighted by Gasteiger charge is 1.97. The summed E-state index contributed by atoms with van der Waals surface area (Å²) in [5, 5.41) is 18.9. The van der Waals surface area contributed by atoms with Crippen molar-refractivity contribution in [3.8, 4) is 5.82 Å². The fraction of sp³-hybridized carbons (Fsp3) is 0.222. The van der Waals surface area contributed by atoms with E-state index >= 15 is 0 Å². The zero-order chi connectivity index (χ0) is 10.4. The van der Waals surface area contributed by atoms with Gasteiger partial charge in [0, 0.05) is 19.5 Å². The number of rotatable bonds is 1. The Morgan fingerprint density at radius 3 is 2.57 bits per heavy atom. The van der Waals surface area contributed by atoms with Crippen LogP contribution in [0.3, 0.4) is 0 Å². The molecule has 0 saturated carbocycles. The Bertz CT molecular complexity index is 371. The van der Waals surface area contributed by atoms with Crippen LogP contribution in [0.15, 0.2) is 30.6 Å². The Morgan fingerprint density at radius 2 is 2.07 bits per heavy atom. The lowest BCUT2D eigenvalue weighted by Gasteiger charge is -1.95. The molecule has 0 bridgehead atoms. The molecular weight excluding hydrogens is 180 g/mol. The van der Waals surface area contributed by atoms with Crippen molar-refractivity contribution in [3.05, 3.63) is 36.3 Å². The molecule has 1 N–H and O–H groups in total. The van der Waals surface area contributed by atoms with E-state index in [1.165, 1.54) is 0 Å². The minimum Gasteiger partial charge on any atom is -0.400 e. The molecule has 0 radical (unpaired) electrons. The maximum atomic E-state index is 7.00. The maximum Gasteiger partial charge on any atom is 0.175 e. The van der Waals surface area contributed by atoms with Gasteiger partial charge in [0.2, 0.25) is 0 Å². The van der Waals surface area contributed by atoms with Crippen molar-refractivity contribution in [2.24, 2.45) is 0 Å². The summed E-state index contributed by atoms with van der Waals surface area (Å²) >= 11 is 0. The van der Waals surface area contributed by atoms with E-state index in [4.69, 9.17) is 5.11 Å². The molecule has 0 saturated heterocycles. The summed E-state index contributed by atoms with van der Waals surface area (Å²) in [6.07, 6.45) is 3.50. The highest BCUT2D eigenvalue weighted by molar-refractivity contribution is 5.18. The summed E-state index contributed by atoms with van der Waals surface area (Å²) < 4.78 is 1.70. The van der Waals surface area contributed by atoms with Crippen LogP contribution < -0.4 is 0 Å². The second-order valence-electron chi connectivity index (χ2n) is 2.48. The standard InChI is InChI=1S/C8H8N4.CH4O/c1-7-4-6-12(11-7)8-3-2-5-9-10-8;1-2/h2-6H,1H3;2H,1H3. The summed E-state index contributed by atoms with van der Waals surface area (Å²) in [6.45, 7) is 1.94. The molecular formula is C9H12N4O. The van der Waals surface area contributed by atoms with E-state index in [0.29, 0.717) is 0 Å². The molecule has 2 aromatic heterocycles. The summed E-state index contributed by atoms with van der Waals surface area (Å²) in [5.41, 5.74) is 0.973. The summed E-state index contributed by atoms with van der Waals surface area (Å²) in [4.78, 5) is 0. The van der Waals surface area contributed by atoms with Crippen LogP contribution in [0.2, 0.25) is 0 Å². The number of nitrogens with zero attached hydrogens (tertiary/aromatic N) is 4. The van der Waals surface area contributed by atoms with Gasteiger partial charge in [-0.05, 0) is 25.1 Å². The Kier molecular flexibility index (Phi) is 3.75. The van der Waals surface area contributed by atoms with E-state index in [0.717, 1.165) is 18.6 Å². The minimum atomic E-state index is 0.741. The van der Waals surface area contributed by atoms with Crippen LogP contribution in [-0.2, 0) is 0 Å². The van der Waals surface area contributed by atoms with E-state index in [1.54, 1.807) is 10.9 Å². The van der Waals surface area contributed by atoms with E-state index in [9.17, 15) is 0 Å². The van der Waals surface area contributed by atoms with Gasteiger partial charge in [-0.3, -0.25) is 0 Å². The van der Waals surface area contributed by atoms with Crippen LogP contribution in [0.25, 0.3) is 5.82 Å². The van der Waals surface area contributed by atoms with Crippen molar-refractivity contribution in [3.63, 3.8) is 0 Å². The first-order chi connectivity index (χ1) is 6.86. The number of aryl methyl sites for hydroxylation is 1. The molecule has 0 aromatic carbocycles. The molecule has 0 amide bonds. The minimum absolute atomic E-state index is 0.741. The van der Waals surface area contributed by atoms with Crippen molar-refractivity contribution in [2.45, 2.75) is 6.92 Å². The van der Waals surface area contributed by atoms with Crippen LogP contribution in [0.5, 0.6) is 0 Å². The van der Waals surface area contributed by atoms with Gasteiger partial charge in [0.25, 0.3) is 0 Å². The molecule has 0 aliphatic carbocycles. The fourth-order valence-corrected chi connectivity index (χ4v) is 0.958. The van der Waals surface area contributed by atoms with Gasteiger partial charge in [-0.25, -0.2) is 4.68 Å². The number of hydrogen-bond donors (Lipinski definition) is 1. The summed E-state index contributed by atoms with van der Waals surface area (Å²) in [7, 11) is 1.00. The lowest BCUT2D eigenvalue weighted by molar-refractivity contribution is 0.399. The van der Waals surface area contributed by atoms with Gasteiger partial charge in [-0.1, -0.05) is 0 Å². The SMILES string of the molecule is CO.Cc1ccn(-c2cccnn2)n1. The normalized spacial score (nSPS) is 9.07. The number of aliphatic hydroxyl groups is 1. The smallest absolute Gasteiger partial charge is 0.175 e. The second-order valence-corrected chi connectivity index (χ2v) is 2.48. The van der Waals surface area contributed by atoms with Gasteiger partial charge in [0.05, 0.1) is 5.69 Å². The third-order valence-corrected chi connectivity index (χ3v) is 1.52. The predicted octanol–water partition coefficient (Wildman–Crippen LogP) is 0.579. The van der Waals surface area contributed by atoms with Crippen molar-refractivity contribution in [2.75, 3.05) is 7.11 Å². The summed E-state index contributed by atoms with van der Waals surface area (Å²) in [5.74, 6) is 0.741. The fourth-order valence-electron chi connectivity index (χ4n) is 0.958. The topological polar surface area (TPSA) is 63.8 Å². The Balaban J connectivity index is 0.000000461. The van der Waals surface area contributed by atoms with E-state index in [1.807, 2.05) is 31.3 Å². The molecule has 5 heteroatoms. The highest BCUT2D eigenvalue weighted by Crippen LogP contribution is 2.00. The first kappa shape index (κ1) is 10.3. The van der Waals surface area contributed by atoms with E-state index in [2.05, 4.69) is 15.3 Å². The molecule has 0 atom stereocenters. The molecule has 2 aromatic rings. The molecule has 2 rings (SSSR count). The van der Waals surface area contributed by atoms with Gasteiger partial charge in [-0.15, -0.1) is 5.10 Å². The zero-order valence-electron chi connectivity index (χ0n) is 8.12. The van der Waals surface area contributed by atoms with Gasteiger partial charge in [0.15, 0.2) is 5.82 Å². The second kappa shape index (κ2) is 5.08. The average molecular weight is 192 g/mol. The molecule has 5 nitrogen and oxygen atoms in total. The average Bonchev–Trinajstić information content (AvgIpc) is 2.69. The third kappa shape index (κ3) is 2.37. The molecule has 0 spiro atoms. The van der Waals surface area contributed by atoms with Crippen molar-refractivity contribution in [1.82, 2.24) is 20.0 Å². The van der Waals surface area contributed by atoms with Crippen molar-refractivity contribution >= 4 is 0 Å². The van der Waals surface area contributed by atoms with Gasteiger partial charge in [-0.2, -0.15) is 10.2 Å². The molecule has 0 aliphatic heterocycles. The van der Waals surface area contributed by atoms with Crippen LogP contribution in [0, 0.1) is 6.92 Å². The monoisotopic (exact) mass is 192 g/mol. The van der Waals surface area contributed by atoms with Crippen molar-refractivity contribution in [1.29, 1.82) is 0 Å². The maximum absolute atomic E-state index is 7.00. The lowest BCUT2D eigenvalue weighted by atomic mass is 10.5. The van der Waals surface area contributed by atoms with Crippen LogP contribution in [0.1, 0.15) is 5.69 Å². The predicted molar refractivity (Wildman–Crippen MR) is 52.0 cm³/mol. The molecule has 2 heterocycles. The Labute approximate surface area is 82.0 Å². The number of aliphatic hydroxyl groups excluding tert-OH is 1. The molecule has 74 valence electrons. The molecule has 0 unspecified atom stereocenters. The first-order valence-electron chi connectivity index (χ1n) is 4.11. The van der Waals surface area contributed by atoms with Gasteiger partial charge >= 0.3 is 0 Å². The number of aromatic nitrogens is 4. The quantitative estimate of drug-likeness (QED) is 0.717. The highest BCUT2D eigenvalue weighted by atomic mass is 16.2. The van der Waals surface area contributed by atoms with Crippen LogP contribution >= 0.6 is 0 Å². The van der Waals surface area contributed by atoms with Crippen LogP contribution in [-0.4, -0.2) is 32.2 Å². The largest absolute Gasteiger partial charge is 0.400 e. The Morgan fingerprint density at radius 1 is 1.29 bits per heavy atom. The van der Waals surface area contributed by atoms with E-state index < -0.39 is 0 Å².